The van der Waals surface area contributed by atoms with Gasteiger partial charge in [0.05, 0.1) is 18.2 Å². The Bertz CT molecular complexity index is 329. The molecule has 0 saturated heterocycles. The minimum Gasteiger partial charge on any atom is -0.444 e. The van der Waals surface area contributed by atoms with Gasteiger partial charge in [-0.25, -0.2) is 4.79 Å². The minimum atomic E-state index is -0.762. The molecule has 0 aliphatic heterocycles. The van der Waals surface area contributed by atoms with Gasteiger partial charge < -0.3 is 15.2 Å². The van der Waals surface area contributed by atoms with E-state index in [1.54, 1.807) is 27.7 Å². The molecular formula is C14H26N2O3. The Morgan fingerprint density at radius 3 is 2.26 bits per heavy atom. The maximum absolute atomic E-state index is 11.7. The van der Waals surface area contributed by atoms with Crippen molar-refractivity contribution < 1.29 is 14.6 Å². The first kappa shape index (κ1) is 17.7. The number of carbonyl (C=O) groups excluding carboxylic acids is 1. The molecule has 0 radical (unpaired) electrons. The Balaban J connectivity index is 4.58. The van der Waals surface area contributed by atoms with Crippen LogP contribution in [0.15, 0.2) is 0 Å². The number of alkyl carbamates (subject to hydrolysis) is 1. The van der Waals surface area contributed by atoms with Crippen LogP contribution in [0.25, 0.3) is 0 Å². The summed E-state index contributed by atoms with van der Waals surface area (Å²) in [6, 6.07) is 1.65. The summed E-state index contributed by atoms with van der Waals surface area (Å²) < 4.78 is 5.17. The number of amides is 1. The van der Waals surface area contributed by atoms with Crippen molar-refractivity contribution in [1.82, 2.24) is 5.32 Å². The number of nitrogens with zero attached hydrogens (tertiary/aromatic N) is 1. The van der Waals surface area contributed by atoms with Crippen LogP contribution < -0.4 is 5.32 Å². The quantitative estimate of drug-likeness (QED) is 0.804. The van der Waals surface area contributed by atoms with Gasteiger partial charge in [-0.1, -0.05) is 13.8 Å². The van der Waals surface area contributed by atoms with E-state index in [0.29, 0.717) is 6.42 Å². The summed E-state index contributed by atoms with van der Waals surface area (Å²) in [6.45, 7) is 10.9. The van der Waals surface area contributed by atoms with Gasteiger partial charge >= 0.3 is 6.09 Å². The number of hydrogen-bond acceptors (Lipinski definition) is 4. The van der Waals surface area contributed by atoms with Crippen LogP contribution in [0.3, 0.4) is 0 Å². The number of aliphatic hydroxyl groups excluding tert-OH is 1. The van der Waals surface area contributed by atoms with Gasteiger partial charge in [-0.2, -0.15) is 5.26 Å². The highest BCUT2D eigenvalue weighted by Gasteiger charge is 2.28. The fraction of sp³-hybridized carbons (Fsp3) is 0.857. The third kappa shape index (κ3) is 7.68. The van der Waals surface area contributed by atoms with Crippen LogP contribution in [0.4, 0.5) is 4.79 Å². The summed E-state index contributed by atoms with van der Waals surface area (Å²) in [5, 5.41) is 21.6. The molecule has 19 heavy (non-hydrogen) atoms. The van der Waals surface area contributed by atoms with Gasteiger partial charge in [-0.15, -0.1) is 0 Å². The molecule has 2 N–H and O–H groups in total. The highest BCUT2D eigenvalue weighted by atomic mass is 16.6. The molecule has 0 heterocycles. The molecule has 0 aromatic heterocycles. The summed E-state index contributed by atoms with van der Waals surface area (Å²) in [7, 11) is 0. The van der Waals surface area contributed by atoms with Gasteiger partial charge in [0.2, 0.25) is 0 Å². The first-order valence-electron chi connectivity index (χ1n) is 6.64. The predicted molar refractivity (Wildman–Crippen MR) is 73.4 cm³/mol. The molecule has 5 nitrogen and oxygen atoms in total. The maximum atomic E-state index is 11.7. The number of aliphatic hydroxyl groups is 1. The molecule has 110 valence electrons. The van der Waals surface area contributed by atoms with Crippen molar-refractivity contribution in [2.45, 2.75) is 65.7 Å². The largest absolute Gasteiger partial charge is 0.444 e. The van der Waals surface area contributed by atoms with Crippen molar-refractivity contribution in [3.63, 3.8) is 0 Å². The summed E-state index contributed by atoms with van der Waals surface area (Å²) in [5.41, 5.74) is -0.573. The lowest BCUT2D eigenvalue weighted by Crippen LogP contribution is -2.48. The lowest BCUT2D eigenvalue weighted by Gasteiger charge is -2.29. The zero-order chi connectivity index (χ0) is 15.2. The highest BCUT2D eigenvalue weighted by molar-refractivity contribution is 5.68. The van der Waals surface area contributed by atoms with Crippen LogP contribution in [0.5, 0.6) is 0 Å². The van der Waals surface area contributed by atoms with Crippen molar-refractivity contribution in [3.05, 3.63) is 0 Å². The van der Waals surface area contributed by atoms with E-state index in [9.17, 15) is 9.90 Å². The minimum absolute atomic E-state index is 0.0495. The molecule has 5 heteroatoms. The molecule has 0 saturated carbocycles. The second-order valence-electron chi connectivity index (χ2n) is 6.25. The summed E-state index contributed by atoms with van der Waals surface area (Å²) in [5.74, 6) is -0.204. The number of nitriles is 1. The molecule has 0 unspecified atom stereocenters. The molecule has 0 aliphatic rings. The summed E-state index contributed by atoms with van der Waals surface area (Å²) >= 11 is 0. The van der Waals surface area contributed by atoms with Crippen molar-refractivity contribution in [2.75, 3.05) is 0 Å². The fourth-order valence-corrected chi connectivity index (χ4v) is 1.71. The molecule has 1 amide bonds. The number of ether oxygens (including phenoxy) is 1. The van der Waals surface area contributed by atoms with E-state index in [4.69, 9.17) is 10.00 Å². The molecular weight excluding hydrogens is 244 g/mol. The second kappa shape index (κ2) is 7.34. The van der Waals surface area contributed by atoms with Crippen LogP contribution in [-0.4, -0.2) is 28.9 Å². The van der Waals surface area contributed by atoms with Gasteiger partial charge in [0.15, 0.2) is 0 Å². The summed E-state index contributed by atoms with van der Waals surface area (Å²) in [4.78, 5) is 11.7. The molecule has 3 atom stereocenters. The average molecular weight is 270 g/mol. The Labute approximate surface area is 115 Å². The van der Waals surface area contributed by atoms with Gasteiger partial charge in [0.1, 0.15) is 5.60 Å². The van der Waals surface area contributed by atoms with E-state index in [-0.39, 0.29) is 11.8 Å². The molecule has 0 spiro atoms. The van der Waals surface area contributed by atoms with Gasteiger partial charge in [0, 0.05) is 5.92 Å². The van der Waals surface area contributed by atoms with Crippen LogP contribution in [-0.2, 0) is 4.74 Å². The third-order valence-corrected chi connectivity index (χ3v) is 2.63. The molecule has 0 fully saturated rings. The first-order valence-corrected chi connectivity index (χ1v) is 6.64. The Morgan fingerprint density at radius 2 is 1.89 bits per heavy atom. The van der Waals surface area contributed by atoms with E-state index in [0.717, 1.165) is 0 Å². The number of carbonyl (C=O) groups is 1. The Kier molecular flexibility index (Phi) is 6.85. The molecule has 0 aliphatic carbocycles. The zero-order valence-corrected chi connectivity index (χ0v) is 12.7. The maximum Gasteiger partial charge on any atom is 0.407 e. The average Bonchev–Trinajstić information content (AvgIpc) is 2.22. The standard InChI is InChI=1S/C14H26N2O3/c1-9(2)12(11(17)7-10(3)8-15)16-13(18)19-14(4,5)6/h9-12,17H,7H2,1-6H3,(H,16,18)/t10-,11+,12-/m0/s1. The monoisotopic (exact) mass is 270 g/mol. The number of hydrogen-bond donors (Lipinski definition) is 2. The Morgan fingerprint density at radius 1 is 1.37 bits per heavy atom. The highest BCUT2D eigenvalue weighted by Crippen LogP contribution is 2.15. The van der Waals surface area contributed by atoms with Gasteiger partial charge in [-0.05, 0) is 40.0 Å². The van der Waals surface area contributed by atoms with Gasteiger partial charge in [0.25, 0.3) is 0 Å². The normalized spacial score (nSPS) is 16.4. The smallest absolute Gasteiger partial charge is 0.407 e. The molecule has 0 aromatic rings. The van der Waals surface area contributed by atoms with Crippen molar-refractivity contribution in [2.24, 2.45) is 11.8 Å². The third-order valence-electron chi connectivity index (χ3n) is 2.63. The summed E-state index contributed by atoms with van der Waals surface area (Å²) in [6.07, 6.45) is -0.980. The molecule has 0 rings (SSSR count). The first-order chi connectivity index (χ1) is 8.56. The van der Waals surface area contributed by atoms with E-state index < -0.39 is 23.8 Å². The predicted octanol–water partition coefficient (Wildman–Crippen LogP) is 2.45. The Hall–Kier alpha value is -1.28. The van der Waals surface area contributed by atoms with Crippen LogP contribution in [0.2, 0.25) is 0 Å². The van der Waals surface area contributed by atoms with E-state index in [1.165, 1.54) is 0 Å². The van der Waals surface area contributed by atoms with Crippen molar-refractivity contribution in [1.29, 1.82) is 5.26 Å². The fourth-order valence-electron chi connectivity index (χ4n) is 1.71. The molecule has 0 bridgehead atoms. The number of nitrogens with one attached hydrogen (secondary N) is 1. The van der Waals surface area contributed by atoms with Crippen LogP contribution in [0.1, 0.15) is 48.0 Å². The van der Waals surface area contributed by atoms with Crippen molar-refractivity contribution >= 4 is 6.09 Å². The SMILES string of the molecule is CC(C)[C@H](NC(=O)OC(C)(C)C)[C@H](O)C[C@H](C)C#N. The van der Waals surface area contributed by atoms with E-state index in [2.05, 4.69) is 11.4 Å². The zero-order valence-electron chi connectivity index (χ0n) is 12.7. The lowest BCUT2D eigenvalue weighted by molar-refractivity contribution is 0.0349. The van der Waals surface area contributed by atoms with Gasteiger partial charge in [-0.3, -0.25) is 0 Å². The van der Waals surface area contributed by atoms with Crippen molar-refractivity contribution in [3.8, 4) is 6.07 Å². The number of rotatable bonds is 5. The van der Waals surface area contributed by atoms with E-state index in [1.807, 2.05) is 13.8 Å². The lowest BCUT2D eigenvalue weighted by atomic mass is 9.92. The second-order valence-corrected chi connectivity index (χ2v) is 6.25. The van der Waals surface area contributed by atoms with E-state index >= 15 is 0 Å². The molecule has 0 aromatic carbocycles. The topological polar surface area (TPSA) is 82.3 Å². The van der Waals surface area contributed by atoms with Crippen LogP contribution >= 0.6 is 0 Å². The van der Waals surface area contributed by atoms with Crippen LogP contribution in [0, 0.1) is 23.2 Å².